The molecule has 7 nitrogen and oxygen atoms in total. The van der Waals surface area contributed by atoms with Crippen molar-refractivity contribution in [2.75, 3.05) is 12.4 Å². The lowest BCUT2D eigenvalue weighted by Gasteiger charge is -2.04. The molecule has 2 aromatic rings. The van der Waals surface area contributed by atoms with Gasteiger partial charge >= 0.3 is 0 Å². The van der Waals surface area contributed by atoms with Crippen LogP contribution in [0.4, 0.5) is 5.82 Å². The molecule has 0 radical (unpaired) electrons. The van der Waals surface area contributed by atoms with Crippen LogP contribution in [-0.4, -0.2) is 33.2 Å². The van der Waals surface area contributed by atoms with Gasteiger partial charge in [0.15, 0.2) is 5.69 Å². The second-order valence-corrected chi connectivity index (χ2v) is 5.17. The number of fused-ring (bicyclic) bond motifs is 3. The highest BCUT2D eigenvalue weighted by Gasteiger charge is 2.48. The van der Waals surface area contributed by atoms with Gasteiger partial charge in [-0.15, -0.1) is 0 Å². The van der Waals surface area contributed by atoms with Gasteiger partial charge in [0.2, 0.25) is 5.88 Å². The van der Waals surface area contributed by atoms with E-state index in [1.165, 1.54) is 19.9 Å². The maximum absolute atomic E-state index is 12.3. The fraction of sp³-hybridized carbons (Fsp3) is 0.385. The van der Waals surface area contributed by atoms with E-state index in [4.69, 9.17) is 4.74 Å². The minimum Gasteiger partial charge on any atom is -0.481 e. The van der Waals surface area contributed by atoms with Gasteiger partial charge in [0.25, 0.3) is 5.91 Å². The molecule has 2 aliphatic rings. The van der Waals surface area contributed by atoms with Gasteiger partial charge in [-0.1, -0.05) is 0 Å². The minimum absolute atomic E-state index is 0.246. The third kappa shape index (κ3) is 1.66. The highest BCUT2D eigenvalue weighted by molar-refractivity contribution is 6.03. The molecule has 1 saturated carbocycles. The Morgan fingerprint density at radius 3 is 3.25 bits per heavy atom. The molecule has 20 heavy (non-hydrogen) atoms. The van der Waals surface area contributed by atoms with Crippen LogP contribution in [0.2, 0.25) is 0 Å². The van der Waals surface area contributed by atoms with Crippen molar-refractivity contribution in [3.8, 4) is 5.88 Å². The van der Waals surface area contributed by atoms with Crippen molar-refractivity contribution in [1.29, 1.82) is 0 Å². The van der Waals surface area contributed by atoms with Gasteiger partial charge in [-0.25, -0.2) is 9.97 Å². The molecule has 2 N–H and O–H groups in total. The van der Waals surface area contributed by atoms with E-state index in [1.807, 2.05) is 0 Å². The molecule has 0 spiro atoms. The third-order valence-corrected chi connectivity index (χ3v) is 3.97. The summed E-state index contributed by atoms with van der Waals surface area (Å²) in [5.41, 5.74) is 2.68. The number of hydrogen-bond donors (Lipinski definition) is 2. The van der Waals surface area contributed by atoms with Crippen LogP contribution in [-0.2, 0) is 6.42 Å². The van der Waals surface area contributed by atoms with Crippen LogP contribution < -0.4 is 10.1 Å². The number of carbonyl (C=O) groups excluding carboxylic acids is 1. The zero-order chi connectivity index (χ0) is 13.7. The van der Waals surface area contributed by atoms with E-state index >= 15 is 0 Å². The molecule has 2 atom stereocenters. The molecule has 4 rings (SSSR count). The molecule has 1 fully saturated rings. The van der Waals surface area contributed by atoms with Crippen molar-refractivity contribution < 1.29 is 9.53 Å². The number of H-pyrrole nitrogens is 1. The third-order valence-electron chi connectivity index (χ3n) is 3.97. The van der Waals surface area contributed by atoms with Gasteiger partial charge < -0.3 is 10.1 Å². The van der Waals surface area contributed by atoms with Gasteiger partial charge in [0.1, 0.15) is 12.1 Å². The van der Waals surface area contributed by atoms with Crippen molar-refractivity contribution >= 4 is 11.7 Å². The average molecular weight is 271 g/mol. The van der Waals surface area contributed by atoms with Crippen LogP contribution in [0.5, 0.6) is 5.88 Å². The molecule has 2 aliphatic carbocycles. The predicted octanol–water partition coefficient (Wildman–Crippen LogP) is 1.12. The van der Waals surface area contributed by atoms with Crippen LogP contribution in [0.3, 0.4) is 0 Å². The number of ether oxygens (including phenoxy) is 1. The molecular formula is C13H13N5O2. The Kier molecular flexibility index (Phi) is 2.29. The summed E-state index contributed by atoms with van der Waals surface area (Å²) in [4.78, 5) is 20.1. The Bertz CT molecular complexity index is 696. The number of nitrogens with one attached hydrogen (secondary N) is 2. The van der Waals surface area contributed by atoms with Crippen molar-refractivity contribution in [2.45, 2.75) is 18.8 Å². The predicted molar refractivity (Wildman–Crippen MR) is 69.7 cm³/mol. The van der Waals surface area contributed by atoms with Crippen LogP contribution >= 0.6 is 0 Å². The summed E-state index contributed by atoms with van der Waals surface area (Å²) in [6.45, 7) is 0. The first-order valence-electron chi connectivity index (χ1n) is 6.50. The smallest absolute Gasteiger partial charge is 0.277 e. The fourth-order valence-electron chi connectivity index (χ4n) is 2.86. The number of anilines is 1. The zero-order valence-corrected chi connectivity index (χ0v) is 10.9. The molecule has 0 bridgehead atoms. The first-order valence-corrected chi connectivity index (χ1v) is 6.50. The number of aromatic nitrogens is 4. The molecule has 0 saturated heterocycles. The number of methoxy groups -OCH3 is 1. The summed E-state index contributed by atoms with van der Waals surface area (Å²) < 4.78 is 5.00. The van der Waals surface area contributed by atoms with E-state index in [0.717, 1.165) is 17.7 Å². The lowest BCUT2D eigenvalue weighted by molar-refractivity contribution is 0.102. The Morgan fingerprint density at radius 2 is 2.40 bits per heavy atom. The summed E-state index contributed by atoms with van der Waals surface area (Å²) in [7, 11) is 1.51. The van der Waals surface area contributed by atoms with Gasteiger partial charge in [-0.2, -0.15) is 5.10 Å². The Labute approximate surface area is 114 Å². The normalized spacial score (nSPS) is 22.1. The quantitative estimate of drug-likeness (QED) is 0.872. The van der Waals surface area contributed by atoms with Crippen molar-refractivity contribution in [3.05, 3.63) is 29.3 Å². The van der Waals surface area contributed by atoms with E-state index in [0.29, 0.717) is 29.2 Å². The van der Waals surface area contributed by atoms with E-state index < -0.39 is 0 Å². The standard InChI is InChI=1S/C13H13N5O2/c1-20-10-4-9(14-5-15-10)16-13(19)12-8-3-6-2-7(6)11(8)17-18-12/h4-7H,2-3H2,1H3,(H,17,18)(H,14,15,16,19). The maximum atomic E-state index is 12.3. The topological polar surface area (TPSA) is 92.8 Å². The fourth-order valence-corrected chi connectivity index (χ4v) is 2.86. The molecule has 0 aromatic carbocycles. The molecular weight excluding hydrogens is 258 g/mol. The first-order chi connectivity index (χ1) is 9.76. The number of carbonyl (C=O) groups is 1. The number of rotatable bonds is 3. The Balaban J connectivity index is 1.57. The Hall–Kier alpha value is -2.44. The summed E-state index contributed by atoms with van der Waals surface area (Å²) in [5, 5.41) is 9.87. The monoisotopic (exact) mass is 271 g/mol. The Morgan fingerprint density at radius 1 is 1.50 bits per heavy atom. The zero-order valence-electron chi connectivity index (χ0n) is 10.9. The van der Waals surface area contributed by atoms with Crippen molar-refractivity contribution in [1.82, 2.24) is 20.2 Å². The average Bonchev–Trinajstić information content (AvgIpc) is 2.94. The molecule has 2 unspecified atom stereocenters. The van der Waals surface area contributed by atoms with Gasteiger partial charge in [-0.3, -0.25) is 9.89 Å². The van der Waals surface area contributed by atoms with Crippen LogP contribution in [0, 0.1) is 5.92 Å². The number of aromatic amines is 1. The van der Waals surface area contributed by atoms with Crippen molar-refractivity contribution in [3.63, 3.8) is 0 Å². The summed E-state index contributed by atoms with van der Waals surface area (Å²) in [5.74, 6) is 1.87. The van der Waals surface area contributed by atoms with Gasteiger partial charge in [0.05, 0.1) is 7.11 Å². The molecule has 7 heteroatoms. The summed E-state index contributed by atoms with van der Waals surface area (Å²) in [6, 6.07) is 1.57. The molecule has 102 valence electrons. The second-order valence-electron chi connectivity index (χ2n) is 5.17. The van der Waals surface area contributed by atoms with Crippen LogP contribution in [0.25, 0.3) is 0 Å². The number of hydrogen-bond acceptors (Lipinski definition) is 5. The lowest BCUT2D eigenvalue weighted by Crippen LogP contribution is -2.15. The first kappa shape index (κ1) is 11.4. The van der Waals surface area contributed by atoms with E-state index in [9.17, 15) is 4.79 Å². The van der Waals surface area contributed by atoms with Gasteiger partial charge in [0, 0.05) is 23.2 Å². The molecule has 2 heterocycles. The lowest BCUT2D eigenvalue weighted by atomic mass is 10.1. The van der Waals surface area contributed by atoms with Gasteiger partial charge in [-0.05, 0) is 18.8 Å². The maximum Gasteiger partial charge on any atom is 0.277 e. The number of nitrogens with zero attached hydrogens (tertiary/aromatic N) is 3. The molecule has 1 amide bonds. The highest BCUT2D eigenvalue weighted by atomic mass is 16.5. The second kappa shape index (κ2) is 4.03. The molecule has 0 aliphatic heterocycles. The largest absolute Gasteiger partial charge is 0.481 e. The minimum atomic E-state index is -0.246. The summed E-state index contributed by atoms with van der Waals surface area (Å²) >= 11 is 0. The summed E-state index contributed by atoms with van der Waals surface area (Å²) in [6.07, 6.45) is 3.52. The number of amides is 1. The molecule has 2 aromatic heterocycles. The SMILES string of the molecule is COc1cc(NC(=O)c2n[nH]c3c2CC2CC32)ncn1. The van der Waals surface area contributed by atoms with Crippen molar-refractivity contribution in [2.24, 2.45) is 5.92 Å². The van der Waals surface area contributed by atoms with Crippen LogP contribution in [0.15, 0.2) is 12.4 Å². The van der Waals surface area contributed by atoms with E-state index in [1.54, 1.807) is 6.07 Å². The van der Waals surface area contributed by atoms with Crippen LogP contribution in [0.1, 0.15) is 34.1 Å². The van der Waals surface area contributed by atoms with E-state index in [2.05, 4.69) is 25.5 Å². The van der Waals surface area contributed by atoms with E-state index in [-0.39, 0.29) is 5.91 Å². The highest BCUT2D eigenvalue weighted by Crippen LogP contribution is 2.56.